The molecule has 0 aliphatic carbocycles. The number of para-hydroxylation sites is 2. The molecule has 0 atom stereocenters. The summed E-state index contributed by atoms with van der Waals surface area (Å²) in [6, 6.07) is 124. The molecule has 9 nitrogen and oxygen atoms in total. The highest BCUT2D eigenvalue weighted by Gasteiger charge is 2.44. The van der Waals surface area contributed by atoms with Gasteiger partial charge in [0.05, 0.1) is 16.7 Å². The van der Waals surface area contributed by atoms with Gasteiger partial charge in [-0.15, -0.1) is 0 Å². The fraction of sp³-hybridized carbons (Fsp3) is 0.0426. The first-order valence-electron chi connectivity index (χ1n) is 35.8. The van der Waals surface area contributed by atoms with E-state index >= 15 is 0 Å². The second-order valence-corrected chi connectivity index (χ2v) is 26.8. The van der Waals surface area contributed by atoms with Crippen LogP contribution in [0.15, 0.2) is 346 Å². The molecule has 0 spiro atoms. The van der Waals surface area contributed by atoms with Gasteiger partial charge in [0.15, 0.2) is 34.9 Å². The van der Waals surface area contributed by atoms with Gasteiger partial charge in [-0.25, -0.2) is 29.9 Å². The summed E-state index contributed by atoms with van der Waals surface area (Å²) in [4.78, 5) is 36.9. The van der Waals surface area contributed by atoms with Crippen LogP contribution in [0, 0.1) is 0 Å². The van der Waals surface area contributed by atoms with Crippen LogP contribution in [0.2, 0.25) is 0 Å². The van der Waals surface area contributed by atoms with Crippen molar-refractivity contribution in [2.24, 2.45) is 0 Å². The molecule has 0 saturated carbocycles. The van der Waals surface area contributed by atoms with Crippen molar-refractivity contribution in [2.45, 2.75) is 26.2 Å². The number of nitrogens with zero attached hydrogens (tertiary/aromatic N) is 9. The van der Waals surface area contributed by atoms with Gasteiger partial charge in [0.1, 0.15) is 0 Å². The molecule has 5 heterocycles. The van der Waals surface area contributed by atoms with Gasteiger partial charge in [-0.3, -0.25) is 0 Å². The minimum absolute atomic E-state index is 0.102. The van der Waals surface area contributed by atoms with Crippen LogP contribution < -0.4 is 26.2 Å². The zero-order valence-corrected chi connectivity index (χ0v) is 57.1. The molecule has 0 saturated heterocycles. The molecule has 19 rings (SSSR count). The summed E-state index contributed by atoms with van der Waals surface area (Å²) in [5, 5.41) is 2.27. The largest absolute Gasteiger partial charge is 0.311 e. The highest BCUT2D eigenvalue weighted by Crippen LogP contribution is 2.49. The average molecular weight is 1330 g/mol. The second-order valence-electron chi connectivity index (χ2n) is 26.8. The van der Waals surface area contributed by atoms with Crippen LogP contribution in [0.5, 0.6) is 0 Å². The summed E-state index contributed by atoms with van der Waals surface area (Å²) in [6.45, 7) is 2.17. The lowest BCUT2D eigenvalue weighted by molar-refractivity contribution is 0.796. The van der Waals surface area contributed by atoms with E-state index in [2.05, 4.69) is 270 Å². The van der Waals surface area contributed by atoms with Crippen molar-refractivity contribution in [3.63, 3.8) is 0 Å². The Morgan fingerprint density at radius 2 is 0.625 bits per heavy atom. The average Bonchev–Trinajstić information content (AvgIpc) is 0.754. The van der Waals surface area contributed by atoms with E-state index in [9.17, 15) is 0 Å². The minimum atomic E-state index is -0.102. The molecular formula is C94H66BN9. The predicted molar refractivity (Wildman–Crippen MR) is 429 cm³/mol. The smallest absolute Gasteiger partial charge is 0.252 e. The molecule has 104 heavy (non-hydrogen) atoms. The first-order chi connectivity index (χ1) is 51.5. The number of anilines is 6. The monoisotopic (exact) mass is 1330 g/mol. The molecular weight excluding hydrogens is 1270 g/mol. The molecule has 3 aromatic heterocycles. The van der Waals surface area contributed by atoms with E-state index in [4.69, 9.17) is 29.9 Å². The van der Waals surface area contributed by atoms with Crippen molar-refractivity contribution in [2.75, 3.05) is 9.80 Å². The molecule has 10 heteroatoms. The Morgan fingerprint density at radius 3 is 1.07 bits per heavy atom. The van der Waals surface area contributed by atoms with Crippen LogP contribution in [0.25, 0.3) is 129 Å². The van der Waals surface area contributed by atoms with Gasteiger partial charge in [-0.05, 0) is 159 Å². The maximum Gasteiger partial charge on any atom is 0.252 e. The van der Waals surface area contributed by atoms with Gasteiger partial charge in [0.25, 0.3) is 6.71 Å². The lowest BCUT2D eigenvalue weighted by Gasteiger charge is -2.44. The molecule has 17 aromatic rings. The van der Waals surface area contributed by atoms with Crippen molar-refractivity contribution in [1.29, 1.82) is 0 Å². The predicted octanol–water partition coefficient (Wildman–Crippen LogP) is 21.6. The van der Waals surface area contributed by atoms with Gasteiger partial charge < -0.3 is 14.4 Å². The van der Waals surface area contributed by atoms with E-state index in [1.54, 1.807) is 0 Å². The number of unbranched alkanes of at least 4 members (excludes halogenated alkanes) is 1. The van der Waals surface area contributed by atoms with Crippen LogP contribution in [-0.2, 0) is 6.42 Å². The lowest BCUT2D eigenvalue weighted by Crippen LogP contribution is -2.61. The Labute approximate surface area is 604 Å². The highest BCUT2D eigenvalue weighted by molar-refractivity contribution is 7.00. The van der Waals surface area contributed by atoms with Crippen molar-refractivity contribution >= 4 is 79.0 Å². The van der Waals surface area contributed by atoms with E-state index in [0.717, 1.165) is 137 Å². The molecule has 0 unspecified atom stereocenters. The number of hydrogen-bond donors (Lipinski definition) is 0. The highest BCUT2D eigenvalue weighted by atomic mass is 15.2. The summed E-state index contributed by atoms with van der Waals surface area (Å²) < 4.78 is 2.42. The van der Waals surface area contributed by atoms with Crippen molar-refractivity contribution in [3.05, 3.63) is 351 Å². The molecule has 2 aliphatic rings. The quantitative estimate of drug-likeness (QED) is 0.0938. The summed E-state index contributed by atoms with van der Waals surface area (Å²) in [5.41, 5.74) is 26.7. The molecule has 0 amide bonds. The first kappa shape index (κ1) is 61.6. The summed E-state index contributed by atoms with van der Waals surface area (Å²) in [5.74, 6) is 3.28. The van der Waals surface area contributed by atoms with Gasteiger partial charge in [0.2, 0.25) is 0 Å². The third-order valence-electron chi connectivity index (χ3n) is 20.4. The van der Waals surface area contributed by atoms with Gasteiger partial charge in [-0.2, -0.15) is 0 Å². The van der Waals surface area contributed by atoms with Crippen molar-refractivity contribution in [3.8, 4) is 107 Å². The standard InChI is InChI=1S/C94H66BN9/c1-2-3-28-62-45-52-81-76(55-62)77-56-69(73-60-86-88-87(61-73)103(75-43-26-11-27-44-75)85-59-71(64-31-14-5-15-32-64)47-51-80(85)95(88)79-50-46-70(63-29-12-4-13-30-63)58-84(79)102(86)74-41-24-10-25-42-74)48-53-82(77)104(81)83-54-49-72(93-98-89(65-33-16-6-17-34-65)96-90(99-93)66-35-18-7-19-36-66)57-78(83)94-100-91(67-37-20-8-21-38-67)97-92(101-94)68-39-22-9-23-40-68/h4-27,29-61H,2-3,28H2,1H3. The van der Waals surface area contributed by atoms with Crippen LogP contribution in [0.3, 0.4) is 0 Å². The van der Waals surface area contributed by atoms with E-state index in [-0.39, 0.29) is 6.71 Å². The summed E-state index contributed by atoms with van der Waals surface area (Å²) >= 11 is 0. The Hall–Kier alpha value is -13.4. The zero-order valence-electron chi connectivity index (χ0n) is 57.1. The van der Waals surface area contributed by atoms with Gasteiger partial charge in [-0.1, -0.05) is 268 Å². The fourth-order valence-electron chi connectivity index (χ4n) is 15.4. The van der Waals surface area contributed by atoms with Crippen LogP contribution in [0.1, 0.15) is 25.3 Å². The first-order valence-corrected chi connectivity index (χ1v) is 35.8. The number of fused-ring (bicyclic) bond motifs is 7. The molecule has 490 valence electrons. The maximum absolute atomic E-state index is 5.49. The van der Waals surface area contributed by atoms with Crippen molar-refractivity contribution in [1.82, 2.24) is 34.5 Å². The normalized spacial score (nSPS) is 12.1. The Bertz CT molecular complexity index is 5810. The second kappa shape index (κ2) is 26.3. The number of hydrogen-bond acceptors (Lipinski definition) is 8. The zero-order chi connectivity index (χ0) is 69.0. The summed E-state index contributed by atoms with van der Waals surface area (Å²) in [7, 11) is 0. The fourth-order valence-corrected chi connectivity index (χ4v) is 15.4. The van der Waals surface area contributed by atoms with E-state index in [0.29, 0.717) is 34.9 Å². The third-order valence-corrected chi connectivity index (χ3v) is 20.4. The SMILES string of the molecule is CCCCc1ccc2c(c1)c1cc(-c3cc4c5c(c3)N(c3ccccc3)c3cc(-c6ccccc6)ccc3B5c3ccc(-c5ccccc5)cc3N4c3ccccc3)ccc1n2-c1ccc(-c2nc(-c3ccccc3)nc(-c3ccccc3)n2)cc1-c1nc(-c2ccccc2)nc(-c2ccccc2)n1. The van der Waals surface area contributed by atoms with Crippen LogP contribution >= 0.6 is 0 Å². The number of benzene rings is 14. The molecule has 0 N–H and O–H groups in total. The third kappa shape index (κ3) is 11.1. The molecule has 2 aliphatic heterocycles. The number of aryl methyl sites for hydroxylation is 1. The van der Waals surface area contributed by atoms with E-state index in [1.165, 1.54) is 33.1 Å². The lowest BCUT2D eigenvalue weighted by atomic mass is 9.33. The van der Waals surface area contributed by atoms with Gasteiger partial charge >= 0.3 is 0 Å². The Kier molecular flexibility index (Phi) is 15.6. The topological polar surface area (TPSA) is 88.8 Å². The summed E-state index contributed by atoms with van der Waals surface area (Å²) in [6.07, 6.45) is 3.11. The van der Waals surface area contributed by atoms with Crippen LogP contribution in [0.4, 0.5) is 34.1 Å². The maximum atomic E-state index is 5.49. The van der Waals surface area contributed by atoms with Gasteiger partial charge in [0, 0.05) is 78.3 Å². The number of rotatable bonds is 15. The Balaban J connectivity index is 0.866. The molecule has 0 fully saturated rings. The van der Waals surface area contributed by atoms with Crippen LogP contribution in [-0.4, -0.2) is 41.2 Å². The van der Waals surface area contributed by atoms with E-state index < -0.39 is 0 Å². The minimum Gasteiger partial charge on any atom is -0.311 e. The molecule has 0 radical (unpaired) electrons. The molecule has 14 aromatic carbocycles. The Morgan fingerprint density at radius 1 is 0.269 bits per heavy atom. The van der Waals surface area contributed by atoms with E-state index in [1.807, 2.05) is 97.1 Å². The molecule has 0 bridgehead atoms. The van der Waals surface area contributed by atoms with Crippen molar-refractivity contribution < 1.29 is 0 Å². The number of aromatic nitrogens is 7.